The van der Waals surface area contributed by atoms with Crippen LogP contribution in [-0.2, 0) is 43.6 Å². The summed E-state index contributed by atoms with van der Waals surface area (Å²) < 4.78 is 34.6. The van der Waals surface area contributed by atoms with Crippen molar-refractivity contribution in [3.05, 3.63) is 24.2 Å². The molecule has 0 saturated carbocycles. The summed E-state index contributed by atoms with van der Waals surface area (Å²) in [5.74, 6) is -1.09. The normalized spacial score (nSPS) is 28.7. The molecule has 2 N–H and O–H groups in total. The van der Waals surface area contributed by atoms with E-state index in [-0.39, 0.29) is 36.9 Å². The molecule has 0 aliphatic carbocycles. The molecule has 3 aliphatic rings. The molecule has 0 radical (unpaired) electrons. The molecule has 196 valence electrons. The van der Waals surface area contributed by atoms with Gasteiger partial charge in [-0.1, -0.05) is 0 Å². The summed E-state index contributed by atoms with van der Waals surface area (Å²) in [6, 6.07) is 5.20. The third kappa shape index (κ3) is 4.75. The molecule has 3 fully saturated rings. The van der Waals surface area contributed by atoms with Gasteiger partial charge in [-0.3, -0.25) is 9.59 Å². The lowest BCUT2D eigenvalue weighted by Crippen LogP contribution is -2.45. The lowest BCUT2D eigenvalue weighted by atomic mass is 9.92. The van der Waals surface area contributed by atoms with Crippen LogP contribution in [0.15, 0.2) is 18.5 Å². The van der Waals surface area contributed by atoms with Crippen molar-refractivity contribution in [1.29, 1.82) is 5.26 Å². The van der Waals surface area contributed by atoms with Crippen LogP contribution in [0.25, 0.3) is 5.52 Å². The number of nitriles is 1. The van der Waals surface area contributed by atoms with Crippen molar-refractivity contribution >= 4 is 29.4 Å². The average molecular weight is 515 g/mol. The quantitative estimate of drug-likeness (QED) is 0.445. The van der Waals surface area contributed by atoms with E-state index in [4.69, 9.17) is 34.2 Å². The van der Waals surface area contributed by atoms with Crippen molar-refractivity contribution in [2.24, 2.45) is 0 Å². The Morgan fingerprint density at radius 2 is 1.97 bits per heavy atom. The number of ether oxygens (including phenoxy) is 6. The lowest BCUT2D eigenvalue weighted by molar-refractivity contribution is -0.166. The number of carbonyl (C=O) groups excluding carboxylic acids is 3. The highest BCUT2D eigenvalue weighted by molar-refractivity contribution is 5.74. The lowest BCUT2D eigenvalue weighted by Gasteiger charge is -2.28. The first-order chi connectivity index (χ1) is 17.9. The Kier molecular flexibility index (Phi) is 6.81. The third-order valence-electron chi connectivity index (χ3n) is 6.52. The first-order valence-corrected chi connectivity index (χ1v) is 11.9. The predicted octanol–water partition coefficient (Wildman–Crippen LogP) is 0.769. The van der Waals surface area contributed by atoms with Gasteiger partial charge in [0.05, 0.1) is 18.9 Å². The Labute approximate surface area is 210 Å². The van der Waals surface area contributed by atoms with Crippen molar-refractivity contribution in [2.45, 2.75) is 62.1 Å². The van der Waals surface area contributed by atoms with Crippen LogP contribution in [-0.4, -0.2) is 76.9 Å². The molecular formula is C23H25N5O9. The van der Waals surface area contributed by atoms with E-state index >= 15 is 0 Å². The molecule has 0 bridgehead atoms. The summed E-state index contributed by atoms with van der Waals surface area (Å²) in [6.07, 6.45) is -2.69. The minimum absolute atomic E-state index is 0.0327. The number of carbonyl (C=O) groups is 3. The molecule has 0 spiro atoms. The number of anilines is 1. The fraction of sp³-hybridized carbons (Fsp3) is 0.565. The van der Waals surface area contributed by atoms with Gasteiger partial charge in [-0.05, 0) is 18.6 Å². The summed E-state index contributed by atoms with van der Waals surface area (Å²) in [5.41, 5.74) is 4.53. The van der Waals surface area contributed by atoms with Gasteiger partial charge < -0.3 is 34.2 Å². The summed E-state index contributed by atoms with van der Waals surface area (Å²) >= 11 is 0. The zero-order valence-corrected chi connectivity index (χ0v) is 19.7. The molecule has 14 heteroatoms. The SMILES string of the molecule is N#C[C@@]1(c2ccc3c(N)ncnn23)O[C@H](COC(=O)OC2CCOCC2)[C@H]2OC(=O)CCCC(=O)O[C@H]21. The van der Waals surface area contributed by atoms with Gasteiger partial charge in [-0.15, -0.1) is 0 Å². The third-order valence-corrected chi connectivity index (χ3v) is 6.52. The van der Waals surface area contributed by atoms with Gasteiger partial charge in [-0.25, -0.2) is 14.3 Å². The highest BCUT2D eigenvalue weighted by Gasteiger charge is 2.63. The number of nitrogens with zero attached hydrogens (tertiary/aromatic N) is 4. The van der Waals surface area contributed by atoms with E-state index < -0.39 is 48.6 Å². The Balaban J connectivity index is 1.47. The second kappa shape index (κ2) is 10.2. The first kappa shape index (κ1) is 24.7. The average Bonchev–Trinajstić information content (AvgIpc) is 3.46. The first-order valence-electron chi connectivity index (χ1n) is 11.9. The van der Waals surface area contributed by atoms with Crippen LogP contribution in [0.4, 0.5) is 10.6 Å². The Morgan fingerprint density at radius 1 is 1.22 bits per heavy atom. The molecule has 37 heavy (non-hydrogen) atoms. The van der Waals surface area contributed by atoms with E-state index in [1.165, 1.54) is 16.9 Å². The molecule has 0 unspecified atom stereocenters. The minimum atomic E-state index is -1.98. The number of rotatable bonds is 4. The maximum atomic E-state index is 12.6. The molecule has 5 heterocycles. The van der Waals surface area contributed by atoms with Gasteiger partial charge in [0.1, 0.15) is 36.7 Å². The fourth-order valence-electron chi connectivity index (χ4n) is 4.71. The van der Waals surface area contributed by atoms with Gasteiger partial charge in [0.25, 0.3) is 0 Å². The van der Waals surface area contributed by atoms with Crippen LogP contribution in [0.1, 0.15) is 37.8 Å². The Bertz CT molecular complexity index is 1240. The van der Waals surface area contributed by atoms with Crippen molar-refractivity contribution in [3.8, 4) is 6.07 Å². The van der Waals surface area contributed by atoms with E-state index in [1.54, 1.807) is 6.07 Å². The van der Waals surface area contributed by atoms with E-state index in [0.717, 1.165) is 0 Å². The predicted molar refractivity (Wildman–Crippen MR) is 119 cm³/mol. The minimum Gasteiger partial charge on any atom is -0.455 e. The van der Waals surface area contributed by atoms with Crippen LogP contribution in [0.2, 0.25) is 0 Å². The molecule has 3 saturated heterocycles. The summed E-state index contributed by atoms with van der Waals surface area (Å²) in [4.78, 5) is 41.4. The van der Waals surface area contributed by atoms with Gasteiger partial charge in [0, 0.05) is 25.7 Å². The molecule has 3 aliphatic heterocycles. The fourth-order valence-corrected chi connectivity index (χ4v) is 4.71. The molecule has 2 aromatic heterocycles. The van der Waals surface area contributed by atoms with Gasteiger partial charge in [-0.2, -0.15) is 10.4 Å². The number of hydrogen-bond donors (Lipinski definition) is 1. The van der Waals surface area contributed by atoms with Crippen LogP contribution in [0.5, 0.6) is 0 Å². The van der Waals surface area contributed by atoms with Crippen LogP contribution in [0.3, 0.4) is 0 Å². The van der Waals surface area contributed by atoms with E-state index in [9.17, 15) is 19.6 Å². The van der Waals surface area contributed by atoms with Gasteiger partial charge >= 0.3 is 18.1 Å². The highest BCUT2D eigenvalue weighted by Crippen LogP contribution is 2.44. The standard InChI is InChI=1S/C23H25N5O9/c24-11-23(16-5-4-14-21(25)26-12-27-28(14)16)20-19(35-17(29)2-1-3-18(30)36-20)15(37-23)10-33-22(31)34-13-6-8-32-9-7-13/h4-5,12-13,15,19-20H,1-3,6-10H2,(H2,25,26,27)/t15-,19-,20-,23+/m1/s1. The molecule has 4 atom stereocenters. The van der Waals surface area contributed by atoms with Crippen molar-refractivity contribution in [1.82, 2.24) is 14.6 Å². The van der Waals surface area contributed by atoms with E-state index in [0.29, 0.717) is 31.6 Å². The molecule has 0 aromatic carbocycles. The number of esters is 2. The van der Waals surface area contributed by atoms with E-state index in [1.807, 2.05) is 0 Å². The zero-order valence-electron chi connectivity index (χ0n) is 19.7. The smallest absolute Gasteiger partial charge is 0.455 e. The molecule has 14 nitrogen and oxygen atoms in total. The number of nitrogen functional groups attached to an aromatic ring is 1. The maximum absolute atomic E-state index is 12.6. The molecule has 0 amide bonds. The number of nitrogens with two attached hydrogens (primary N) is 1. The number of hydrogen-bond acceptors (Lipinski definition) is 13. The van der Waals surface area contributed by atoms with E-state index in [2.05, 4.69) is 16.2 Å². The molecular weight excluding hydrogens is 490 g/mol. The zero-order chi connectivity index (χ0) is 26.0. The second-order valence-electron chi connectivity index (χ2n) is 8.87. The van der Waals surface area contributed by atoms with Gasteiger partial charge in [0.15, 0.2) is 18.0 Å². The number of aromatic nitrogens is 3. The number of fused-ring (bicyclic) bond motifs is 2. The van der Waals surface area contributed by atoms with Crippen LogP contribution < -0.4 is 5.73 Å². The Morgan fingerprint density at radius 3 is 2.73 bits per heavy atom. The molecule has 5 rings (SSSR count). The van der Waals surface area contributed by atoms with Crippen molar-refractivity contribution < 1.29 is 42.8 Å². The summed E-state index contributed by atoms with van der Waals surface area (Å²) in [5, 5.41) is 14.6. The summed E-state index contributed by atoms with van der Waals surface area (Å²) in [7, 11) is 0. The summed E-state index contributed by atoms with van der Waals surface area (Å²) in [6.45, 7) is 0.509. The van der Waals surface area contributed by atoms with Crippen molar-refractivity contribution in [2.75, 3.05) is 25.6 Å². The molecule has 2 aromatic rings. The van der Waals surface area contributed by atoms with Crippen LogP contribution in [0, 0.1) is 11.3 Å². The van der Waals surface area contributed by atoms with Gasteiger partial charge in [0.2, 0.25) is 5.60 Å². The monoisotopic (exact) mass is 515 g/mol. The highest BCUT2D eigenvalue weighted by atomic mass is 16.7. The topological polar surface area (TPSA) is 187 Å². The Hall–Kier alpha value is -3.96. The maximum Gasteiger partial charge on any atom is 0.508 e. The van der Waals surface area contributed by atoms with Crippen molar-refractivity contribution in [3.63, 3.8) is 0 Å². The largest absolute Gasteiger partial charge is 0.508 e. The second-order valence-corrected chi connectivity index (χ2v) is 8.87. The van der Waals surface area contributed by atoms with Crippen LogP contribution >= 0.6 is 0 Å².